The molecular formula is C21H25N6O3P. The lowest BCUT2D eigenvalue weighted by molar-refractivity contribution is 0.270. The van der Waals surface area contributed by atoms with Gasteiger partial charge in [-0.2, -0.15) is 5.26 Å². The van der Waals surface area contributed by atoms with E-state index in [2.05, 4.69) is 51.2 Å². The molecule has 3 aromatic rings. The van der Waals surface area contributed by atoms with Crippen molar-refractivity contribution in [2.45, 2.75) is 25.4 Å². The molecule has 0 saturated carbocycles. The zero-order valence-electron chi connectivity index (χ0n) is 17.5. The molecule has 3 rings (SSSR count). The van der Waals surface area contributed by atoms with E-state index in [1.54, 1.807) is 4.68 Å². The Morgan fingerprint density at radius 3 is 2.42 bits per heavy atom. The molecule has 0 fully saturated rings. The molecule has 10 heteroatoms. The van der Waals surface area contributed by atoms with E-state index in [9.17, 15) is 4.57 Å². The summed E-state index contributed by atoms with van der Waals surface area (Å²) in [5.74, 6) is 0.557. The van der Waals surface area contributed by atoms with Crippen LogP contribution < -0.4 is 5.32 Å². The fourth-order valence-electron chi connectivity index (χ4n) is 3.16. The minimum absolute atomic E-state index is 0.00211. The fourth-order valence-corrected chi connectivity index (χ4v) is 4.01. The lowest BCUT2D eigenvalue weighted by Gasteiger charge is -2.21. The number of tetrazole rings is 1. The first-order valence-corrected chi connectivity index (χ1v) is 11.5. The minimum Gasteiger partial charge on any atom is -0.311 e. The van der Waals surface area contributed by atoms with Gasteiger partial charge in [0.2, 0.25) is 0 Å². The minimum atomic E-state index is -3.27. The number of nitrogens with zero attached hydrogens (tertiary/aromatic N) is 5. The lowest BCUT2D eigenvalue weighted by atomic mass is 10.0. The van der Waals surface area contributed by atoms with Crippen LogP contribution in [0.25, 0.3) is 11.1 Å². The normalized spacial score (nSPS) is 12.4. The first-order chi connectivity index (χ1) is 15.1. The molecule has 1 heterocycles. The zero-order valence-corrected chi connectivity index (χ0v) is 18.4. The fraction of sp³-hybridized carbons (Fsp3) is 0.333. The number of hydrogen-bond donors (Lipinski definition) is 1. The van der Waals surface area contributed by atoms with Crippen molar-refractivity contribution >= 4 is 7.60 Å². The number of hydrogen-bond acceptors (Lipinski definition) is 8. The number of benzene rings is 2. The van der Waals surface area contributed by atoms with Crippen LogP contribution in [-0.4, -0.2) is 40.7 Å². The smallest absolute Gasteiger partial charge is 0.311 e. The molecule has 2 aromatic carbocycles. The van der Waals surface area contributed by atoms with E-state index in [4.69, 9.17) is 14.3 Å². The van der Waals surface area contributed by atoms with Crippen molar-refractivity contribution in [2.75, 3.05) is 20.5 Å². The van der Waals surface area contributed by atoms with Crippen LogP contribution in [0.3, 0.4) is 0 Å². The first-order valence-electron chi connectivity index (χ1n) is 9.80. The summed E-state index contributed by atoms with van der Waals surface area (Å²) in [4.78, 5) is 0. The van der Waals surface area contributed by atoms with Crippen LogP contribution in [-0.2, 0) is 26.6 Å². The molecule has 0 aliphatic rings. The van der Waals surface area contributed by atoms with Crippen LogP contribution in [0.2, 0.25) is 0 Å². The maximum Gasteiger partial charge on any atom is 0.343 e. The molecule has 1 aromatic heterocycles. The summed E-state index contributed by atoms with van der Waals surface area (Å²) >= 11 is 0. The Bertz CT molecular complexity index is 1040. The number of aryl methyl sites for hydroxylation is 1. The molecule has 31 heavy (non-hydrogen) atoms. The quantitative estimate of drug-likeness (QED) is 0.450. The van der Waals surface area contributed by atoms with Gasteiger partial charge >= 0.3 is 7.60 Å². The van der Waals surface area contributed by atoms with Gasteiger partial charge in [-0.05, 0) is 33.5 Å². The molecule has 162 valence electrons. The Hall–Kier alpha value is -2.89. The van der Waals surface area contributed by atoms with Crippen molar-refractivity contribution in [2.24, 2.45) is 0 Å². The summed E-state index contributed by atoms with van der Waals surface area (Å²) in [6, 6.07) is 20.1. The van der Waals surface area contributed by atoms with E-state index in [1.807, 2.05) is 30.3 Å². The highest BCUT2D eigenvalue weighted by Crippen LogP contribution is 2.45. The maximum atomic E-state index is 12.5. The Morgan fingerprint density at radius 1 is 1.10 bits per heavy atom. The molecule has 1 unspecified atom stereocenters. The van der Waals surface area contributed by atoms with Gasteiger partial charge in [-0.15, -0.1) is 5.10 Å². The second-order valence-corrected chi connectivity index (χ2v) is 9.09. The summed E-state index contributed by atoms with van der Waals surface area (Å²) in [6.07, 6.45) is 0.832. The van der Waals surface area contributed by atoms with Crippen molar-refractivity contribution in [1.82, 2.24) is 25.5 Å². The van der Waals surface area contributed by atoms with Gasteiger partial charge in [0, 0.05) is 14.2 Å². The maximum absolute atomic E-state index is 12.5. The van der Waals surface area contributed by atoms with Crippen LogP contribution in [0.4, 0.5) is 0 Å². The summed E-state index contributed by atoms with van der Waals surface area (Å²) < 4.78 is 24.2. The van der Waals surface area contributed by atoms with Crippen molar-refractivity contribution in [3.05, 3.63) is 66.0 Å². The van der Waals surface area contributed by atoms with E-state index >= 15 is 0 Å². The van der Waals surface area contributed by atoms with E-state index in [-0.39, 0.29) is 18.7 Å². The summed E-state index contributed by atoms with van der Waals surface area (Å²) in [5.41, 5.74) is 3.32. The number of nitriles is 1. The van der Waals surface area contributed by atoms with Crippen LogP contribution in [0, 0.1) is 11.3 Å². The van der Waals surface area contributed by atoms with Crippen molar-refractivity contribution in [3.63, 3.8) is 0 Å². The van der Waals surface area contributed by atoms with Crippen molar-refractivity contribution in [3.8, 4) is 17.2 Å². The molecule has 0 aliphatic carbocycles. The Balaban J connectivity index is 1.82. The van der Waals surface area contributed by atoms with Crippen LogP contribution in [0.15, 0.2) is 54.6 Å². The highest BCUT2D eigenvalue weighted by Gasteiger charge is 2.26. The molecule has 0 amide bonds. The van der Waals surface area contributed by atoms with E-state index in [0.717, 1.165) is 16.7 Å². The van der Waals surface area contributed by atoms with Crippen molar-refractivity contribution in [1.29, 1.82) is 5.26 Å². The van der Waals surface area contributed by atoms with Gasteiger partial charge in [0.1, 0.15) is 0 Å². The van der Waals surface area contributed by atoms with Gasteiger partial charge in [-0.3, -0.25) is 9.88 Å². The zero-order chi connectivity index (χ0) is 22.1. The van der Waals surface area contributed by atoms with Crippen molar-refractivity contribution < 1.29 is 13.6 Å². The standard InChI is InChI=1S/C21H25N6O3P/c1-29-31(28,30-2)16-23-20(21-24-25-26-27(21)14-6-13-22)15-17-9-11-19(12-10-17)18-7-4-3-5-8-18/h3-5,7-12,20,23H,6,14-16H2,1-2H3. The molecule has 0 saturated heterocycles. The number of aromatic nitrogens is 4. The third kappa shape index (κ3) is 6.06. The number of rotatable bonds is 11. The number of nitrogens with one attached hydrogen (secondary N) is 1. The second kappa shape index (κ2) is 10.9. The monoisotopic (exact) mass is 440 g/mol. The average molecular weight is 440 g/mol. The highest BCUT2D eigenvalue weighted by molar-refractivity contribution is 7.53. The third-order valence-corrected chi connectivity index (χ3v) is 6.58. The van der Waals surface area contributed by atoms with E-state index < -0.39 is 7.60 Å². The Labute approximate surface area is 181 Å². The van der Waals surface area contributed by atoms with Crippen LogP contribution >= 0.6 is 7.60 Å². The predicted octanol–water partition coefficient (Wildman–Crippen LogP) is 3.57. The van der Waals surface area contributed by atoms with E-state index in [0.29, 0.717) is 18.8 Å². The van der Waals surface area contributed by atoms with Gasteiger partial charge in [-0.1, -0.05) is 54.6 Å². The van der Waals surface area contributed by atoms with E-state index in [1.165, 1.54) is 14.2 Å². The third-order valence-electron chi connectivity index (χ3n) is 4.90. The predicted molar refractivity (Wildman–Crippen MR) is 116 cm³/mol. The van der Waals surface area contributed by atoms with Crippen LogP contribution in [0.1, 0.15) is 23.9 Å². The molecule has 9 nitrogen and oxygen atoms in total. The summed E-state index contributed by atoms with van der Waals surface area (Å²) in [6.45, 7) is 0.371. The molecule has 0 aliphatic heterocycles. The summed E-state index contributed by atoms with van der Waals surface area (Å²) in [7, 11) is -0.572. The topological polar surface area (TPSA) is 115 Å². The lowest BCUT2D eigenvalue weighted by Crippen LogP contribution is -2.28. The Kier molecular flexibility index (Phi) is 8.04. The molecule has 0 bridgehead atoms. The second-order valence-electron chi connectivity index (χ2n) is 6.83. The highest BCUT2D eigenvalue weighted by atomic mass is 31.2. The Morgan fingerprint density at radius 2 is 1.77 bits per heavy atom. The van der Waals surface area contributed by atoms with Gasteiger partial charge in [0.25, 0.3) is 0 Å². The largest absolute Gasteiger partial charge is 0.343 e. The molecular weight excluding hydrogens is 415 g/mol. The van der Waals surface area contributed by atoms with Gasteiger partial charge in [-0.25, -0.2) is 4.68 Å². The molecule has 0 radical (unpaired) electrons. The van der Waals surface area contributed by atoms with Gasteiger partial charge in [0.05, 0.1) is 31.4 Å². The molecule has 0 spiro atoms. The summed E-state index contributed by atoms with van der Waals surface area (Å²) in [5, 5.41) is 24.0. The molecule has 1 N–H and O–H groups in total. The van der Waals surface area contributed by atoms with Gasteiger partial charge in [0.15, 0.2) is 5.82 Å². The SMILES string of the molecule is COP(=O)(CNC(Cc1ccc(-c2ccccc2)cc1)c1nnnn1CCC#N)OC. The average Bonchev–Trinajstić information content (AvgIpc) is 3.29. The van der Waals surface area contributed by atoms with Gasteiger partial charge < -0.3 is 9.05 Å². The first kappa shape index (κ1) is 22.8. The van der Waals surface area contributed by atoms with Crippen LogP contribution in [0.5, 0.6) is 0 Å². The molecule has 1 atom stereocenters.